The van der Waals surface area contributed by atoms with Crippen molar-refractivity contribution in [2.24, 2.45) is 0 Å². The Hall–Kier alpha value is -3.12. The molecule has 0 fully saturated rings. The summed E-state index contributed by atoms with van der Waals surface area (Å²) >= 11 is 0. The van der Waals surface area contributed by atoms with Gasteiger partial charge in [0.15, 0.2) is 0 Å². The normalized spacial score (nSPS) is 18.3. The van der Waals surface area contributed by atoms with Crippen LogP contribution in [-0.4, -0.2) is 32.3 Å². The second kappa shape index (κ2) is 10.6. The molecule has 0 unspecified atom stereocenters. The SMILES string of the molecule is CCOC(=O)N1c2ccc(C(F)(F)F)cc2[C@H](CN(C)c2cc(C(F)(F)F)cc(C(F)(F)F)c2)C[C@H]1CC. The Morgan fingerprint density at radius 1 is 0.895 bits per heavy atom. The van der Waals surface area contributed by atoms with Crippen LogP contribution in [0.3, 0.4) is 0 Å². The highest BCUT2D eigenvalue weighted by Crippen LogP contribution is 2.44. The van der Waals surface area contributed by atoms with Crippen molar-refractivity contribution >= 4 is 17.5 Å². The van der Waals surface area contributed by atoms with Crippen LogP contribution in [0.25, 0.3) is 0 Å². The number of carbonyl (C=O) groups is 1. The van der Waals surface area contributed by atoms with E-state index < -0.39 is 59.0 Å². The van der Waals surface area contributed by atoms with E-state index in [4.69, 9.17) is 4.74 Å². The van der Waals surface area contributed by atoms with Gasteiger partial charge in [0.05, 0.1) is 29.0 Å². The van der Waals surface area contributed by atoms with E-state index in [2.05, 4.69) is 0 Å². The van der Waals surface area contributed by atoms with Crippen LogP contribution in [0.4, 0.5) is 55.7 Å². The van der Waals surface area contributed by atoms with E-state index in [1.807, 2.05) is 0 Å². The van der Waals surface area contributed by atoms with E-state index in [0.29, 0.717) is 18.6 Å². The van der Waals surface area contributed by atoms with Gasteiger partial charge in [-0.1, -0.05) is 6.92 Å². The maximum absolute atomic E-state index is 13.5. The number of rotatable bonds is 5. The monoisotopic (exact) mass is 556 g/mol. The number of likely N-dealkylation sites (N-methyl/N-ethyl adjacent to an activating group) is 1. The highest BCUT2D eigenvalue weighted by atomic mass is 19.4. The molecule has 13 heteroatoms. The lowest BCUT2D eigenvalue weighted by Crippen LogP contribution is -2.46. The Labute approximate surface area is 213 Å². The molecule has 2 aromatic rings. The second-order valence-electron chi connectivity index (χ2n) is 8.98. The predicted octanol–water partition coefficient (Wildman–Crippen LogP) is 8.11. The lowest BCUT2D eigenvalue weighted by molar-refractivity contribution is -0.143. The Balaban J connectivity index is 2.09. The van der Waals surface area contributed by atoms with Crippen LogP contribution in [-0.2, 0) is 23.3 Å². The maximum atomic E-state index is 13.5. The molecule has 1 amide bonds. The zero-order valence-corrected chi connectivity index (χ0v) is 20.6. The minimum atomic E-state index is -5.05. The zero-order chi connectivity index (χ0) is 28.6. The smallest absolute Gasteiger partial charge is 0.416 e. The fraction of sp³-hybridized carbons (Fsp3) is 0.480. The summed E-state index contributed by atoms with van der Waals surface area (Å²) < 4.78 is 126. The van der Waals surface area contributed by atoms with E-state index in [-0.39, 0.29) is 36.9 Å². The van der Waals surface area contributed by atoms with Crippen LogP contribution in [0.15, 0.2) is 36.4 Å². The summed E-state index contributed by atoms with van der Waals surface area (Å²) in [5.74, 6) is -0.753. The van der Waals surface area contributed by atoms with Gasteiger partial charge in [-0.15, -0.1) is 0 Å². The standard InChI is InChI=1S/C25H25F9N2O2/c1-4-18-8-14(13-35(3)19-10-16(24(29,30)31)9-17(11-19)25(32,33)34)20-12-15(23(26,27)28)6-7-21(20)36(18)22(37)38-5-2/h6-7,9-12,14,18H,4-5,8,13H2,1-3H3/t14-,18+/m0/s1. The van der Waals surface area contributed by atoms with E-state index in [1.165, 1.54) is 11.9 Å². The van der Waals surface area contributed by atoms with E-state index in [1.54, 1.807) is 13.8 Å². The number of hydrogen-bond donors (Lipinski definition) is 0. The molecule has 4 nitrogen and oxygen atoms in total. The minimum Gasteiger partial charge on any atom is -0.449 e. The van der Waals surface area contributed by atoms with Gasteiger partial charge in [-0.3, -0.25) is 4.90 Å². The Kier molecular flexibility index (Phi) is 8.18. The molecule has 1 heterocycles. The second-order valence-corrected chi connectivity index (χ2v) is 8.98. The summed E-state index contributed by atoms with van der Waals surface area (Å²) in [6, 6.07) is 3.42. The van der Waals surface area contributed by atoms with Gasteiger partial charge in [-0.25, -0.2) is 4.79 Å². The molecule has 3 rings (SSSR count). The number of benzene rings is 2. The first-order valence-electron chi connectivity index (χ1n) is 11.6. The fourth-order valence-corrected chi connectivity index (χ4v) is 4.59. The summed E-state index contributed by atoms with van der Waals surface area (Å²) in [5.41, 5.74) is -4.17. The molecule has 1 aliphatic heterocycles. The number of anilines is 2. The topological polar surface area (TPSA) is 32.8 Å². The lowest BCUT2D eigenvalue weighted by Gasteiger charge is -2.41. The van der Waals surface area contributed by atoms with Crippen molar-refractivity contribution in [2.75, 3.05) is 30.0 Å². The van der Waals surface area contributed by atoms with Gasteiger partial charge in [0.25, 0.3) is 0 Å². The molecule has 2 aromatic carbocycles. The van der Waals surface area contributed by atoms with Gasteiger partial charge in [0.1, 0.15) is 0 Å². The molecule has 210 valence electrons. The molecule has 0 saturated carbocycles. The highest BCUT2D eigenvalue weighted by Gasteiger charge is 2.40. The van der Waals surface area contributed by atoms with Crippen molar-refractivity contribution < 1.29 is 49.0 Å². The molecule has 0 saturated heterocycles. The summed E-state index contributed by atoms with van der Waals surface area (Å²) in [5, 5.41) is 0. The van der Waals surface area contributed by atoms with Gasteiger partial charge < -0.3 is 9.64 Å². The van der Waals surface area contributed by atoms with E-state index in [0.717, 1.165) is 23.1 Å². The van der Waals surface area contributed by atoms with Gasteiger partial charge >= 0.3 is 24.6 Å². The first-order valence-corrected chi connectivity index (χ1v) is 11.6. The van der Waals surface area contributed by atoms with Crippen LogP contribution in [0.1, 0.15) is 54.9 Å². The quantitative estimate of drug-likeness (QED) is 0.349. The van der Waals surface area contributed by atoms with Crippen molar-refractivity contribution in [1.82, 2.24) is 0 Å². The average molecular weight is 556 g/mol. The van der Waals surface area contributed by atoms with Crippen LogP contribution in [0.5, 0.6) is 0 Å². The molecule has 0 aromatic heterocycles. The van der Waals surface area contributed by atoms with Crippen LogP contribution in [0, 0.1) is 0 Å². The number of carbonyl (C=O) groups excluding carboxylic acids is 1. The van der Waals surface area contributed by atoms with Crippen LogP contribution in [0.2, 0.25) is 0 Å². The number of fused-ring (bicyclic) bond motifs is 1. The average Bonchev–Trinajstić information content (AvgIpc) is 2.81. The number of amides is 1. The fourth-order valence-electron chi connectivity index (χ4n) is 4.59. The third-order valence-corrected chi connectivity index (χ3v) is 6.42. The first-order chi connectivity index (χ1) is 17.5. The van der Waals surface area contributed by atoms with Crippen molar-refractivity contribution in [3.63, 3.8) is 0 Å². The van der Waals surface area contributed by atoms with Crippen molar-refractivity contribution in [1.29, 1.82) is 0 Å². The molecule has 2 atom stereocenters. The Morgan fingerprint density at radius 3 is 1.92 bits per heavy atom. The van der Waals surface area contributed by atoms with Crippen molar-refractivity contribution in [3.05, 3.63) is 58.7 Å². The summed E-state index contributed by atoms with van der Waals surface area (Å²) in [6.45, 7) is 3.12. The number of ether oxygens (including phenoxy) is 1. The third-order valence-electron chi connectivity index (χ3n) is 6.42. The number of halogens is 9. The molecule has 0 N–H and O–H groups in total. The molecule has 0 spiro atoms. The summed E-state index contributed by atoms with van der Waals surface area (Å²) in [4.78, 5) is 15.1. The summed E-state index contributed by atoms with van der Waals surface area (Å²) in [7, 11) is 1.27. The molecule has 0 radical (unpaired) electrons. The van der Waals surface area contributed by atoms with Gasteiger partial charge in [0.2, 0.25) is 0 Å². The molecular weight excluding hydrogens is 531 g/mol. The summed E-state index contributed by atoms with van der Waals surface area (Å²) in [6.07, 6.45) is -15.1. The predicted molar refractivity (Wildman–Crippen MR) is 122 cm³/mol. The molecule has 1 aliphatic rings. The van der Waals surface area contributed by atoms with Crippen molar-refractivity contribution in [3.8, 4) is 0 Å². The lowest BCUT2D eigenvalue weighted by atomic mass is 9.83. The van der Waals surface area contributed by atoms with Crippen LogP contribution >= 0.6 is 0 Å². The molecular formula is C25H25F9N2O2. The van der Waals surface area contributed by atoms with Gasteiger partial charge in [-0.2, -0.15) is 39.5 Å². The molecule has 0 bridgehead atoms. The number of hydrogen-bond acceptors (Lipinski definition) is 3. The third kappa shape index (κ3) is 6.29. The zero-order valence-electron chi connectivity index (χ0n) is 20.6. The van der Waals surface area contributed by atoms with Gasteiger partial charge in [-0.05, 0) is 61.7 Å². The number of nitrogens with zero attached hydrogens (tertiary/aromatic N) is 2. The van der Waals surface area contributed by atoms with Gasteiger partial charge in [0, 0.05) is 31.2 Å². The Morgan fingerprint density at radius 2 is 1.45 bits per heavy atom. The minimum absolute atomic E-state index is 0.00713. The van der Waals surface area contributed by atoms with E-state index in [9.17, 15) is 44.3 Å². The van der Waals surface area contributed by atoms with Crippen molar-refractivity contribution in [2.45, 2.75) is 57.2 Å². The van der Waals surface area contributed by atoms with E-state index >= 15 is 0 Å². The largest absolute Gasteiger partial charge is 0.449 e. The number of alkyl halides is 9. The maximum Gasteiger partial charge on any atom is 0.416 e. The molecule has 0 aliphatic carbocycles. The Bertz CT molecular complexity index is 1130. The highest BCUT2D eigenvalue weighted by molar-refractivity contribution is 5.90. The first kappa shape index (κ1) is 29.4. The molecule has 38 heavy (non-hydrogen) atoms. The van der Waals surface area contributed by atoms with Crippen LogP contribution < -0.4 is 9.80 Å².